The fourth-order valence-electron chi connectivity index (χ4n) is 6.43. The first-order valence-corrected chi connectivity index (χ1v) is 11.7. The molecule has 4 unspecified atom stereocenters. The van der Waals surface area contributed by atoms with Crippen molar-refractivity contribution >= 4 is 11.7 Å². The van der Waals surface area contributed by atoms with E-state index in [0.717, 1.165) is 25.7 Å². The van der Waals surface area contributed by atoms with Gasteiger partial charge in [0.15, 0.2) is 0 Å². The normalized spacial score (nSPS) is 39.5. The first-order valence-electron chi connectivity index (χ1n) is 11.7. The molecule has 9 heteroatoms. The van der Waals surface area contributed by atoms with Crippen LogP contribution in [0.25, 0.3) is 0 Å². The molecular formula is C22H34F4N4O. The molecule has 1 amide bonds. The molecule has 4 rings (SSSR count). The van der Waals surface area contributed by atoms with E-state index in [2.05, 4.69) is 4.90 Å². The van der Waals surface area contributed by atoms with Gasteiger partial charge in [0.2, 0.25) is 5.91 Å². The Kier molecular flexibility index (Phi) is 6.52. The molecule has 0 aromatic carbocycles. The van der Waals surface area contributed by atoms with Crippen molar-refractivity contribution in [3.8, 4) is 0 Å². The third-order valence-corrected chi connectivity index (χ3v) is 8.25. The molecule has 5 nitrogen and oxygen atoms in total. The highest BCUT2D eigenvalue weighted by molar-refractivity contribution is 5.83. The van der Waals surface area contributed by atoms with Gasteiger partial charge in [-0.25, -0.2) is 4.39 Å². The minimum atomic E-state index is -4.13. The zero-order valence-electron chi connectivity index (χ0n) is 17.9. The zero-order chi connectivity index (χ0) is 22.3. The van der Waals surface area contributed by atoms with Crippen molar-refractivity contribution in [2.24, 2.45) is 29.4 Å². The summed E-state index contributed by atoms with van der Waals surface area (Å²) in [7, 11) is 0. The average Bonchev–Trinajstić information content (AvgIpc) is 3.31. The standard InChI is InChI=1S/C22H34F4N4O/c23-17-7-8-29(12-17)21(31)19-9-14-3-4-15(20(27)28)10-18(14)30(19)11-13-1-5-16(6-2-13)22(24,25)26/h13-19H,1-12H2,(H3,27,28)/t13?,14?,15?,16?,17-,18?,19?/m0/s1. The van der Waals surface area contributed by atoms with Crippen LogP contribution < -0.4 is 5.73 Å². The molecule has 4 aliphatic rings. The first kappa shape index (κ1) is 22.8. The lowest BCUT2D eigenvalue weighted by atomic mass is 9.77. The average molecular weight is 447 g/mol. The predicted molar refractivity (Wildman–Crippen MR) is 109 cm³/mol. The summed E-state index contributed by atoms with van der Waals surface area (Å²) in [6, 6.07) is -0.202. The molecule has 0 spiro atoms. The minimum Gasteiger partial charge on any atom is -0.387 e. The molecule has 2 aliphatic carbocycles. The van der Waals surface area contributed by atoms with Gasteiger partial charge in [0.25, 0.3) is 0 Å². The molecule has 3 N–H and O–H groups in total. The zero-order valence-corrected chi connectivity index (χ0v) is 17.9. The Morgan fingerprint density at radius 1 is 1.03 bits per heavy atom. The van der Waals surface area contributed by atoms with E-state index in [9.17, 15) is 22.4 Å². The van der Waals surface area contributed by atoms with Crippen LogP contribution in [0.2, 0.25) is 0 Å². The van der Waals surface area contributed by atoms with Crippen LogP contribution in [0.1, 0.15) is 57.8 Å². The second-order valence-corrected chi connectivity index (χ2v) is 10.2. The molecular weight excluding hydrogens is 412 g/mol. The van der Waals surface area contributed by atoms with Crippen LogP contribution >= 0.6 is 0 Å². The summed E-state index contributed by atoms with van der Waals surface area (Å²) >= 11 is 0. The second-order valence-electron chi connectivity index (χ2n) is 10.2. The number of likely N-dealkylation sites (tertiary alicyclic amines) is 2. The van der Waals surface area contributed by atoms with Crippen LogP contribution in [0.4, 0.5) is 17.6 Å². The number of nitrogens with two attached hydrogens (primary N) is 1. The van der Waals surface area contributed by atoms with Crippen molar-refractivity contribution < 1.29 is 22.4 Å². The fourth-order valence-corrected chi connectivity index (χ4v) is 6.43. The van der Waals surface area contributed by atoms with Gasteiger partial charge in [-0.3, -0.25) is 15.1 Å². The molecule has 2 saturated heterocycles. The number of nitrogens with one attached hydrogen (secondary N) is 1. The van der Waals surface area contributed by atoms with E-state index in [-0.39, 0.29) is 55.0 Å². The number of amidine groups is 1. The molecule has 0 aromatic heterocycles. The van der Waals surface area contributed by atoms with E-state index in [4.69, 9.17) is 11.1 Å². The summed E-state index contributed by atoms with van der Waals surface area (Å²) in [5.41, 5.74) is 5.79. The van der Waals surface area contributed by atoms with Crippen molar-refractivity contribution in [3.05, 3.63) is 0 Å². The second kappa shape index (κ2) is 8.87. The monoisotopic (exact) mass is 446 g/mol. The van der Waals surface area contributed by atoms with Gasteiger partial charge in [0.05, 0.1) is 24.3 Å². The number of hydrogen-bond acceptors (Lipinski definition) is 3. The summed E-state index contributed by atoms with van der Waals surface area (Å²) in [6.45, 7) is 1.19. The molecule has 5 atom stereocenters. The fraction of sp³-hybridized carbons (Fsp3) is 0.909. The van der Waals surface area contributed by atoms with Crippen molar-refractivity contribution in [1.82, 2.24) is 9.80 Å². The van der Waals surface area contributed by atoms with Gasteiger partial charge in [-0.15, -0.1) is 0 Å². The molecule has 176 valence electrons. The Bertz CT molecular complexity index is 679. The van der Waals surface area contributed by atoms with Gasteiger partial charge in [-0.1, -0.05) is 0 Å². The van der Waals surface area contributed by atoms with E-state index >= 15 is 0 Å². The quantitative estimate of drug-likeness (QED) is 0.393. The smallest absolute Gasteiger partial charge is 0.387 e. The largest absolute Gasteiger partial charge is 0.391 e. The van der Waals surface area contributed by atoms with E-state index in [1.807, 2.05) is 0 Å². The maximum atomic E-state index is 13.7. The number of hydrogen-bond donors (Lipinski definition) is 2. The van der Waals surface area contributed by atoms with E-state index < -0.39 is 18.3 Å². The van der Waals surface area contributed by atoms with Gasteiger partial charge >= 0.3 is 6.18 Å². The van der Waals surface area contributed by atoms with Crippen LogP contribution in [0, 0.1) is 29.1 Å². The number of rotatable bonds is 4. The van der Waals surface area contributed by atoms with Crippen LogP contribution in [-0.4, -0.2) is 65.6 Å². The highest BCUT2D eigenvalue weighted by Gasteiger charge is 2.50. The van der Waals surface area contributed by atoms with Crippen LogP contribution in [0.15, 0.2) is 0 Å². The number of carbonyl (C=O) groups excluding carboxylic acids is 1. The molecule has 0 bridgehead atoms. The summed E-state index contributed by atoms with van der Waals surface area (Å²) < 4.78 is 52.9. The maximum Gasteiger partial charge on any atom is 0.391 e. The Morgan fingerprint density at radius 2 is 1.74 bits per heavy atom. The Hall–Kier alpha value is -1.38. The number of amides is 1. The summed E-state index contributed by atoms with van der Waals surface area (Å²) in [5.74, 6) is -0.592. The van der Waals surface area contributed by atoms with E-state index in [1.165, 1.54) is 0 Å². The molecule has 0 aromatic rings. The van der Waals surface area contributed by atoms with Gasteiger partial charge in [-0.05, 0) is 69.6 Å². The molecule has 2 heterocycles. The number of halogens is 4. The van der Waals surface area contributed by atoms with Gasteiger partial charge in [-0.2, -0.15) is 13.2 Å². The van der Waals surface area contributed by atoms with Crippen LogP contribution in [0.5, 0.6) is 0 Å². The van der Waals surface area contributed by atoms with Crippen LogP contribution in [-0.2, 0) is 4.79 Å². The van der Waals surface area contributed by atoms with E-state index in [1.54, 1.807) is 4.90 Å². The van der Waals surface area contributed by atoms with Crippen molar-refractivity contribution in [2.75, 3.05) is 19.6 Å². The lowest BCUT2D eigenvalue weighted by Crippen LogP contribution is -2.50. The minimum absolute atomic E-state index is 0.000534. The van der Waals surface area contributed by atoms with Crippen molar-refractivity contribution in [1.29, 1.82) is 5.41 Å². The van der Waals surface area contributed by atoms with Crippen molar-refractivity contribution in [3.63, 3.8) is 0 Å². The summed E-state index contributed by atoms with van der Waals surface area (Å²) in [5, 5.41) is 7.87. The number of alkyl halides is 4. The molecule has 2 aliphatic heterocycles. The lowest BCUT2D eigenvalue weighted by molar-refractivity contribution is -0.184. The topological polar surface area (TPSA) is 73.4 Å². The van der Waals surface area contributed by atoms with Crippen LogP contribution in [0.3, 0.4) is 0 Å². The third kappa shape index (κ3) is 4.86. The highest BCUT2D eigenvalue weighted by Crippen LogP contribution is 2.45. The molecule has 4 fully saturated rings. The molecule has 0 radical (unpaired) electrons. The highest BCUT2D eigenvalue weighted by atomic mass is 19.4. The number of carbonyl (C=O) groups is 1. The third-order valence-electron chi connectivity index (χ3n) is 8.25. The SMILES string of the molecule is N=C(N)C1CCC2CC(C(=O)N3CC[C@H](F)C3)N(CC3CCC(C(F)(F)F)CC3)C2C1. The molecule has 2 saturated carbocycles. The van der Waals surface area contributed by atoms with Gasteiger partial charge in [0, 0.05) is 25.0 Å². The van der Waals surface area contributed by atoms with Crippen molar-refractivity contribution in [2.45, 2.75) is 82.2 Å². The van der Waals surface area contributed by atoms with Gasteiger partial charge in [0.1, 0.15) is 6.17 Å². The Balaban J connectivity index is 1.47. The summed E-state index contributed by atoms with van der Waals surface area (Å²) in [4.78, 5) is 17.1. The Morgan fingerprint density at radius 3 is 2.32 bits per heavy atom. The summed E-state index contributed by atoms with van der Waals surface area (Å²) in [6.07, 6.45) is -0.177. The van der Waals surface area contributed by atoms with Gasteiger partial charge < -0.3 is 10.6 Å². The predicted octanol–water partition coefficient (Wildman–Crippen LogP) is 3.72. The maximum absolute atomic E-state index is 13.7. The first-order chi connectivity index (χ1) is 14.6. The Labute approximate surface area is 181 Å². The molecule has 31 heavy (non-hydrogen) atoms. The number of fused-ring (bicyclic) bond motifs is 1. The van der Waals surface area contributed by atoms with E-state index in [0.29, 0.717) is 38.3 Å². The lowest BCUT2D eigenvalue weighted by Gasteiger charge is -2.40. The number of nitrogens with zero attached hydrogens (tertiary/aromatic N) is 2.